The van der Waals surface area contributed by atoms with E-state index in [0.29, 0.717) is 0 Å². The van der Waals surface area contributed by atoms with Gasteiger partial charge >= 0.3 is 0 Å². The molecule has 20 heavy (non-hydrogen) atoms. The lowest BCUT2D eigenvalue weighted by molar-refractivity contribution is -0.120. The third kappa shape index (κ3) is 2.65. The molecular formula is C16H15NO2S. The Morgan fingerprint density at radius 2 is 2.00 bits per heavy atom. The standard InChI is InChI=1S/C16H15NO2S/c1-17-14-8-7-13(9-15(14)19-10-16(17)18)20-11-12-5-3-2-4-6-12/h2-9H,10-11H2,1H3. The Balaban J connectivity index is 1.75. The van der Waals surface area contributed by atoms with Gasteiger partial charge in [-0.1, -0.05) is 30.3 Å². The Hall–Kier alpha value is -1.94. The number of fused-ring (bicyclic) bond motifs is 1. The average molecular weight is 285 g/mol. The quantitative estimate of drug-likeness (QED) is 0.810. The lowest BCUT2D eigenvalue weighted by Crippen LogP contribution is -2.35. The van der Waals surface area contributed by atoms with Crippen LogP contribution in [-0.2, 0) is 10.5 Å². The molecule has 4 heteroatoms. The van der Waals surface area contributed by atoms with Crippen LogP contribution in [0.1, 0.15) is 5.56 Å². The number of benzene rings is 2. The second-order valence-electron chi connectivity index (χ2n) is 4.65. The van der Waals surface area contributed by atoms with Gasteiger partial charge in [-0.05, 0) is 23.8 Å². The predicted octanol–water partition coefficient (Wildman–Crippen LogP) is 3.33. The molecule has 2 aromatic carbocycles. The highest BCUT2D eigenvalue weighted by Crippen LogP contribution is 2.35. The summed E-state index contributed by atoms with van der Waals surface area (Å²) in [5, 5.41) is 0. The normalized spacial score (nSPS) is 13.8. The van der Waals surface area contributed by atoms with Crippen molar-refractivity contribution in [3.8, 4) is 5.75 Å². The zero-order valence-electron chi connectivity index (χ0n) is 11.2. The number of hydrogen-bond donors (Lipinski definition) is 0. The Bertz CT molecular complexity index is 628. The van der Waals surface area contributed by atoms with Crippen LogP contribution in [0.2, 0.25) is 0 Å². The van der Waals surface area contributed by atoms with Crippen LogP contribution < -0.4 is 9.64 Å². The van der Waals surface area contributed by atoms with Crippen molar-refractivity contribution in [2.45, 2.75) is 10.6 Å². The van der Waals surface area contributed by atoms with E-state index in [1.165, 1.54) is 5.56 Å². The molecule has 0 aromatic heterocycles. The van der Waals surface area contributed by atoms with Crippen LogP contribution in [0.4, 0.5) is 5.69 Å². The van der Waals surface area contributed by atoms with Gasteiger partial charge in [-0.3, -0.25) is 4.79 Å². The summed E-state index contributed by atoms with van der Waals surface area (Å²) in [5.74, 6) is 1.70. The third-order valence-corrected chi connectivity index (χ3v) is 4.33. The Labute approximate surface area is 122 Å². The fraction of sp³-hybridized carbons (Fsp3) is 0.188. The molecule has 0 radical (unpaired) electrons. The maximum Gasteiger partial charge on any atom is 0.264 e. The fourth-order valence-electron chi connectivity index (χ4n) is 2.09. The van der Waals surface area contributed by atoms with Gasteiger partial charge in [0, 0.05) is 17.7 Å². The molecule has 0 bridgehead atoms. The van der Waals surface area contributed by atoms with E-state index < -0.39 is 0 Å². The maximum absolute atomic E-state index is 11.5. The number of thioether (sulfide) groups is 1. The highest BCUT2D eigenvalue weighted by atomic mass is 32.2. The number of nitrogens with zero attached hydrogens (tertiary/aromatic N) is 1. The molecule has 2 aromatic rings. The summed E-state index contributed by atoms with van der Waals surface area (Å²) in [7, 11) is 1.78. The summed E-state index contributed by atoms with van der Waals surface area (Å²) < 4.78 is 5.49. The fourth-order valence-corrected chi connectivity index (χ4v) is 2.97. The molecule has 1 amide bonds. The lowest BCUT2D eigenvalue weighted by atomic mass is 10.2. The van der Waals surface area contributed by atoms with E-state index in [-0.39, 0.29) is 12.5 Å². The van der Waals surface area contributed by atoms with Gasteiger partial charge in [0.15, 0.2) is 6.61 Å². The molecule has 0 atom stereocenters. The van der Waals surface area contributed by atoms with E-state index in [2.05, 4.69) is 12.1 Å². The van der Waals surface area contributed by atoms with E-state index in [1.54, 1.807) is 23.7 Å². The summed E-state index contributed by atoms with van der Waals surface area (Å²) >= 11 is 1.76. The highest BCUT2D eigenvalue weighted by Gasteiger charge is 2.22. The largest absolute Gasteiger partial charge is 0.482 e. The van der Waals surface area contributed by atoms with Crippen LogP contribution in [0, 0.1) is 0 Å². The highest BCUT2D eigenvalue weighted by molar-refractivity contribution is 7.98. The van der Waals surface area contributed by atoms with Gasteiger partial charge in [0.1, 0.15) is 5.75 Å². The zero-order valence-corrected chi connectivity index (χ0v) is 12.0. The number of carbonyl (C=O) groups is 1. The van der Waals surface area contributed by atoms with Crippen LogP contribution in [0.5, 0.6) is 5.75 Å². The summed E-state index contributed by atoms with van der Waals surface area (Å²) in [4.78, 5) is 14.3. The minimum Gasteiger partial charge on any atom is -0.482 e. The van der Waals surface area contributed by atoms with E-state index in [4.69, 9.17) is 4.74 Å². The molecule has 0 aliphatic carbocycles. The first kappa shape index (κ1) is 13.1. The number of rotatable bonds is 3. The van der Waals surface area contributed by atoms with E-state index in [0.717, 1.165) is 22.1 Å². The molecule has 1 aliphatic rings. The molecule has 1 heterocycles. The lowest BCUT2D eigenvalue weighted by Gasteiger charge is -2.26. The third-order valence-electron chi connectivity index (χ3n) is 3.27. The molecule has 0 N–H and O–H groups in total. The molecule has 102 valence electrons. The molecule has 0 spiro atoms. The van der Waals surface area contributed by atoms with E-state index in [1.807, 2.05) is 36.4 Å². The van der Waals surface area contributed by atoms with Gasteiger partial charge in [0.2, 0.25) is 0 Å². The molecule has 1 aliphatic heterocycles. The summed E-state index contributed by atoms with van der Waals surface area (Å²) in [6.45, 7) is 0.121. The van der Waals surface area contributed by atoms with Crippen LogP contribution >= 0.6 is 11.8 Å². The van der Waals surface area contributed by atoms with E-state index in [9.17, 15) is 4.79 Å². The van der Waals surface area contributed by atoms with Crippen molar-refractivity contribution < 1.29 is 9.53 Å². The van der Waals surface area contributed by atoms with Gasteiger partial charge in [0.25, 0.3) is 5.91 Å². The van der Waals surface area contributed by atoms with Crippen molar-refractivity contribution in [2.75, 3.05) is 18.6 Å². The molecule has 0 saturated carbocycles. The zero-order chi connectivity index (χ0) is 13.9. The second-order valence-corrected chi connectivity index (χ2v) is 5.69. The smallest absolute Gasteiger partial charge is 0.264 e. The van der Waals surface area contributed by atoms with Gasteiger partial charge < -0.3 is 9.64 Å². The summed E-state index contributed by atoms with van der Waals surface area (Å²) in [5.41, 5.74) is 2.13. The monoisotopic (exact) mass is 285 g/mol. The number of amides is 1. The first-order chi connectivity index (χ1) is 9.74. The van der Waals surface area contributed by atoms with Crippen LogP contribution in [-0.4, -0.2) is 19.6 Å². The Kier molecular flexibility index (Phi) is 3.65. The molecule has 3 rings (SSSR count). The first-order valence-electron chi connectivity index (χ1n) is 6.44. The minimum atomic E-state index is -0.0119. The van der Waals surface area contributed by atoms with Gasteiger partial charge in [-0.25, -0.2) is 0 Å². The number of likely N-dealkylation sites (N-methyl/N-ethyl adjacent to an activating group) is 1. The van der Waals surface area contributed by atoms with Crippen molar-refractivity contribution in [3.63, 3.8) is 0 Å². The number of hydrogen-bond acceptors (Lipinski definition) is 3. The molecular weight excluding hydrogens is 270 g/mol. The topological polar surface area (TPSA) is 29.5 Å². The number of anilines is 1. The first-order valence-corrected chi connectivity index (χ1v) is 7.43. The molecule has 0 fully saturated rings. The van der Waals surface area contributed by atoms with Crippen molar-refractivity contribution in [1.82, 2.24) is 0 Å². The van der Waals surface area contributed by atoms with Gasteiger partial charge in [-0.2, -0.15) is 0 Å². The van der Waals surface area contributed by atoms with Gasteiger partial charge in [0.05, 0.1) is 5.69 Å². The van der Waals surface area contributed by atoms with E-state index >= 15 is 0 Å². The van der Waals surface area contributed by atoms with Crippen molar-refractivity contribution in [2.24, 2.45) is 0 Å². The van der Waals surface area contributed by atoms with Crippen molar-refractivity contribution in [3.05, 3.63) is 54.1 Å². The molecule has 0 saturated heterocycles. The number of ether oxygens (including phenoxy) is 1. The maximum atomic E-state index is 11.5. The second kappa shape index (κ2) is 5.59. The number of carbonyl (C=O) groups excluding carboxylic acids is 1. The minimum absolute atomic E-state index is 0.0119. The Morgan fingerprint density at radius 1 is 1.20 bits per heavy atom. The SMILES string of the molecule is CN1C(=O)COc2cc(SCc3ccccc3)ccc21. The van der Waals surface area contributed by atoms with Crippen LogP contribution in [0.25, 0.3) is 0 Å². The average Bonchev–Trinajstić information content (AvgIpc) is 2.50. The van der Waals surface area contributed by atoms with Crippen molar-refractivity contribution in [1.29, 1.82) is 0 Å². The predicted molar refractivity (Wildman–Crippen MR) is 81.4 cm³/mol. The van der Waals surface area contributed by atoms with Crippen LogP contribution in [0.3, 0.4) is 0 Å². The summed E-state index contributed by atoms with van der Waals surface area (Å²) in [6, 6.07) is 16.3. The summed E-state index contributed by atoms with van der Waals surface area (Å²) in [6.07, 6.45) is 0. The molecule has 3 nitrogen and oxygen atoms in total. The molecule has 0 unspecified atom stereocenters. The van der Waals surface area contributed by atoms with Crippen molar-refractivity contribution >= 4 is 23.4 Å². The Morgan fingerprint density at radius 3 is 2.80 bits per heavy atom. The van der Waals surface area contributed by atoms with Crippen LogP contribution in [0.15, 0.2) is 53.4 Å². The van der Waals surface area contributed by atoms with Gasteiger partial charge in [-0.15, -0.1) is 11.8 Å².